The Bertz CT molecular complexity index is 524. The Labute approximate surface area is 94.8 Å². The minimum absolute atomic E-state index is 0.130. The fraction of sp³-hybridized carbons (Fsp3) is 0.100. The summed E-state index contributed by atoms with van der Waals surface area (Å²) in [5, 5.41) is 0. The summed E-state index contributed by atoms with van der Waals surface area (Å²) >= 11 is 3.38. The zero-order valence-corrected chi connectivity index (χ0v) is 9.39. The minimum atomic E-state index is -0.130. The van der Waals surface area contributed by atoms with Gasteiger partial charge in [0.25, 0.3) is 5.56 Å². The maximum atomic E-state index is 11.4. The van der Waals surface area contributed by atoms with Crippen LogP contribution in [0.4, 0.5) is 0 Å². The molecule has 0 unspecified atom stereocenters. The van der Waals surface area contributed by atoms with Crippen molar-refractivity contribution in [2.45, 2.75) is 6.54 Å². The van der Waals surface area contributed by atoms with E-state index < -0.39 is 0 Å². The van der Waals surface area contributed by atoms with Crippen LogP contribution in [0.2, 0.25) is 0 Å². The third kappa shape index (κ3) is 2.30. The summed E-state index contributed by atoms with van der Waals surface area (Å²) in [5.41, 5.74) is 0.695. The van der Waals surface area contributed by atoms with Crippen LogP contribution in [0.1, 0.15) is 5.69 Å². The van der Waals surface area contributed by atoms with Crippen LogP contribution in [0.3, 0.4) is 0 Å². The van der Waals surface area contributed by atoms with Gasteiger partial charge in [-0.2, -0.15) is 0 Å². The van der Waals surface area contributed by atoms with Gasteiger partial charge in [-0.1, -0.05) is 0 Å². The molecule has 15 heavy (non-hydrogen) atoms. The van der Waals surface area contributed by atoms with Crippen LogP contribution in [0.25, 0.3) is 0 Å². The number of rotatable bonds is 2. The molecule has 0 saturated heterocycles. The van der Waals surface area contributed by atoms with E-state index in [1.165, 1.54) is 6.20 Å². The second-order valence-electron chi connectivity index (χ2n) is 2.97. The van der Waals surface area contributed by atoms with Crippen LogP contribution in [-0.4, -0.2) is 14.5 Å². The van der Waals surface area contributed by atoms with Gasteiger partial charge in [-0.25, -0.2) is 0 Å². The molecule has 0 saturated carbocycles. The van der Waals surface area contributed by atoms with Crippen molar-refractivity contribution in [1.29, 1.82) is 0 Å². The molecule has 0 radical (unpaired) electrons. The van der Waals surface area contributed by atoms with Gasteiger partial charge in [-0.05, 0) is 28.1 Å². The van der Waals surface area contributed by atoms with Gasteiger partial charge in [0.2, 0.25) is 0 Å². The van der Waals surface area contributed by atoms with Crippen LogP contribution in [0.5, 0.6) is 0 Å². The quantitative estimate of drug-likeness (QED) is 0.826. The lowest BCUT2D eigenvalue weighted by molar-refractivity contribution is 0.726. The van der Waals surface area contributed by atoms with E-state index in [2.05, 4.69) is 25.9 Å². The third-order valence-electron chi connectivity index (χ3n) is 1.96. The van der Waals surface area contributed by atoms with Crippen molar-refractivity contribution in [3.05, 3.63) is 57.4 Å². The molecule has 2 rings (SSSR count). The molecule has 2 aromatic rings. The first-order valence-electron chi connectivity index (χ1n) is 4.37. The van der Waals surface area contributed by atoms with E-state index in [-0.39, 0.29) is 5.56 Å². The van der Waals surface area contributed by atoms with Crippen molar-refractivity contribution in [2.24, 2.45) is 0 Å². The molecular weight excluding hydrogens is 258 g/mol. The summed E-state index contributed by atoms with van der Waals surface area (Å²) in [6.45, 7) is 0.447. The lowest BCUT2D eigenvalue weighted by Crippen LogP contribution is -2.20. The van der Waals surface area contributed by atoms with Gasteiger partial charge >= 0.3 is 0 Å². The first-order valence-corrected chi connectivity index (χ1v) is 5.16. The first-order chi connectivity index (χ1) is 7.27. The summed E-state index contributed by atoms with van der Waals surface area (Å²) in [5.74, 6) is 0. The number of halogens is 1. The molecule has 2 heterocycles. The Balaban J connectivity index is 2.34. The van der Waals surface area contributed by atoms with Gasteiger partial charge in [-0.15, -0.1) is 0 Å². The molecule has 0 aliphatic heterocycles. The summed E-state index contributed by atoms with van der Waals surface area (Å²) in [6.07, 6.45) is 6.21. The SMILES string of the molecule is O=c1cnccn1Cc1ncccc1Br. The van der Waals surface area contributed by atoms with Crippen LogP contribution >= 0.6 is 15.9 Å². The highest BCUT2D eigenvalue weighted by Gasteiger charge is 2.02. The number of hydrogen-bond donors (Lipinski definition) is 0. The average Bonchev–Trinajstić information content (AvgIpc) is 2.24. The predicted molar refractivity (Wildman–Crippen MR) is 59.5 cm³/mol. The molecule has 0 aliphatic carbocycles. The molecule has 0 spiro atoms. The van der Waals surface area contributed by atoms with Gasteiger partial charge in [0.05, 0.1) is 18.4 Å². The monoisotopic (exact) mass is 265 g/mol. The minimum Gasteiger partial charge on any atom is -0.307 e. The fourth-order valence-electron chi connectivity index (χ4n) is 1.20. The number of pyridine rings is 1. The van der Waals surface area contributed by atoms with Crippen molar-refractivity contribution in [2.75, 3.05) is 0 Å². The highest BCUT2D eigenvalue weighted by Crippen LogP contribution is 2.13. The molecule has 0 aromatic carbocycles. The van der Waals surface area contributed by atoms with Gasteiger partial charge in [0.15, 0.2) is 0 Å². The summed E-state index contributed by atoms with van der Waals surface area (Å²) in [6, 6.07) is 3.73. The topological polar surface area (TPSA) is 47.8 Å². The van der Waals surface area contributed by atoms with Crippen LogP contribution in [-0.2, 0) is 6.54 Å². The maximum absolute atomic E-state index is 11.4. The van der Waals surface area contributed by atoms with Crippen molar-refractivity contribution in [3.8, 4) is 0 Å². The highest BCUT2D eigenvalue weighted by molar-refractivity contribution is 9.10. The normalized spacial score (nSPS) is 10.2. The van der Waals surface area contributed by atoms with E-state index in [0.29, 0.717) is 6.54 Å². The summed E-state index contributed by atoms with van der Waals surface area (Å²) in [7, 11) is 0. The Morgan fingerprint density at radius 2 is 2.27 bits per heavy atom. The maximum Gasteiger partial charge on any atom is 0.269 e. The molecule has 5 heteroatoms. The third-order valence-corrected chi connectivity index (χ3v) is 2.68. The second-order valence-corrected chi connectivity index (χ2v) is 3.83. The molecule has 4 nitrogen and oxygen atoms in total. The zero-order chi connectivity index (χ0) is 10.7. The molecule has 0 atom stereocenters. The highest BCUT2D eigenvalue weighted by atomic mass is 79.9. The van der Waals surface area contributed by atoms with E-state index in [0.717, 1.165) is 10.2 Å². The second kappa shape index (κ2) is 4.35. The number of aromatic nitrogens is 3. The Hall–Kier alpha value is -1.49. The van der Waals surface area contributed by atoms with E-state index >= 15 is 0 Å². The van der Waals surface area contributed by atoms with Crippen LogP contribution in [0, 0.1) is 0 Å². The molecule has 0 N–H and O–H groups in total. The molecule has 0 amide bonds. The van der Waals surface area contributed by atoms with Gasteiger partial charge < -0.3 is 4.57 Å². The lowest BCUT2D eigenvalue weighted by atomic mass is 10.3. The molecule has 76 valence electrons. The Morgan fingerprint density at radius 1 is 1.40 bits per heavy atom. The first kappa shape index (κ1) is 10.0. The smallest absolute Gasteiger partial charge is 0.269 e. The fourth-order valence-corrected chi connectivity index (χ4v) is 1.58. The summed E-state index contributed by atoms with van der Waals surface area (Å²) < 4.78 is 2.45. The predicted octanol–water partition coefficient (Wildman–Crippen LogP) is 1.45. The Morgan fingerprint density at radius 3 is 3.00 bits per heavy atom. The van der Waals surface area contributed by atoms with Crippen molar-refractivity contribution in [1.82, 2.24) is 14.5 Å². The van der Waals surface area contributed by atoms with E-state index in [4.69, 9.17) is 0 Å². The van der Waals surface area contributed by atoms with Crippen LogP contribution in [0.15, 0.2) is 46.2 Å². The zero-order valence-electron chi connectivity index (χ0n) is 7.80. The average molecular weight is 266 g/mol. The molecule has 0 aliphatic rings. The van der Waals surface area contributed by atoms with Crippen LogP contribution < -0.4 is 5.56 Å². The van der Waals surface area contributed by atoms with Gasteiger partial charge in [-0.3, -0.25) is 14.8 Å². The standard InChI is InChI=1S/C10H8BrN3O/c11-8-2-1-3-13-9(8)7-14-5-4-12-6-10(14)15/h1-6H,7H2. The summed E-state index contributed by atoms with van der Waals surface area (Å²) in [4.78, 5) is 19.3. The van der Waals surface area contributed by atoms with Gasteiger partial charge in [0, 0.05) is 23.1 Å². The largest absolute Gasteiger partial charge is 0.307 e. The van der Waals surface area contributed by atoms with Gasteiger partial charge in [0.1, 0.15) is 0 Å². The molecule has 0 fully saturated rings. The van der Waals surface area contributed by atoms with E-state index in [9.17, 15) is 4.79 Å². The lowest BCUT2D eigenvalue weighted by Gasteiger charge is -2.05. The Kier molecular flexibility index (Phi) is 2.91. The molecule has 0 bridgehead atoms. The van der Waals surface area contributed by atoms with Crippen molar-refractivity contribution < 1.29 is 0 Å². The molecular formula is C10H8BrN3O. The van der Waals surface area contributed by atoms with Crippen molar-refractivity contribution >= 4 is 15.9 Å². The number of hydrogen-bond acceptors (Lipinski definition) is 3. The van der Waals surface area contributed by atoms with E-state index in [1.807, 2.05) is 12.1 Å². The van der Waals surface area contributed by atoms with Crippen molar-refractivity contribution in [3.63, 3.8) is 0 Å². The number of nitrogens with zero attached hydrogens (tertiary/aromatic N) is 3. The van der Waals surface area contributed by atoms with E-state index in [1.54, 1.807) is 23.2 Å². The molecule has 2 aromatic heterocycles.